The van der Waals surface area contributed by atoms with Crippen LogP contribution in [0.5, 0.6) is 0 Å². The van der Waals surface area contributed by atoms with E-state index in [0.29, 0.717) is 6.04 Å². The predicted octanol–water partition coefficient (Wildman–Crippen LogP) is 2.97. The maximum atomic E-state index is 4.46. The Kier molecular flexibility index (Phi) is 2.28. The molecule has 0 unspecified atom stereocenters. The third-order valence-electron chi connectivity index (χ3n) is 2.73. The van der Waals surface area contributed by atoms with Gasteiger partial charge in [0.05, 0.1) is 5.69 Å². The molecule has 0 aromatic carbocycles. The quantitative estimate of drug-likeness (QED) is 0.786. The van der Waals surface area contributed by atoms with Gasteiger partial charge < -0.3 is 5.32 Å². The number of aromatic nitrogens is 1. The van der Waals surface area contributed by atoms with E-state index in [9.17, 15) is 0 Å². The van der Waals surface area contributed by atoms with E-state index in [1.807, 2.05) is 0 Å². The first-order chi connectivity index (χ1) is 6.15. The minimum Gasteiger partial charge on any atom is -0.359 e. The van der Waals surface area contributed by atoms with Crippen molar-refractivity contribution in [2.75, 3.05) is 5.32 Å². The first kappa shape index (κ1) is 9.00. The Morgan fingerprint density at radius 3 is 2.54 bits per heavy atom. The van der Waals surface area contributed by atoms with Gasteiger partial charge >= 0.3 is 0 Å². The lowest BCUT2D eigenvalue weighted by molar-refractivity contribution is 0.309. The molecule has 0 saturated heterocycles. The molecule has 13 heavy (non-hydrogen) atoms. The molecule has 0 bridgehead atoms. The molecule has 1 aromatic heterocycles. The Labute approximate surface area is 83.4 Å². The SMILES string of the molecule is Cc1nc(NC2CC(C)C2)sc1C. The standard InChI is InChI=1S/C10H16N2S/c1-6-4-9(5-6)12-10-11-7(2)8(3)13-10/h6,9H,4-5H2,1-3H3,(H,11,12). The van der Waals surface area contributed by atoms with E-state index in [2.05, 4.69) is 31.1 Å². The van der Waals surface area contributed by atoms with Crippen LogP contribution in [0.25, 0.3) is 0 Å². The van der Waals surface area contributed by atoms with Crippen LogP contribution in [-0.4, -0.2) is 11.0 Å². The highest BCUT2D eigenvalue weighted by Gasteiger charge is 2.25. The fourth-order valence-corrected chi connectivity index (χ4v) is 2.62. The number of thiazole rings is 1. The molecule has 3 heteroatoms. The van der Waals surface area contributed by atoms with Crippen LogP contribution in [0.3, 0.4) is 0 Å². The van der Waals surface area contributed by atoms with Gasteiger partial charge in [-0.15, -0.1) is 11.3 Å². The van der Waals surface area contributed by atoms with Gasteiger partial charge in [0, 0.05) is 10.9 Å². The van der Waals surface area contributed by atoms with Crippen molar-refractivity contribution >= 4 is 16.5 Å². The Morgan fingerprint density at radius 2 is 2.08 bits per heavy atom. The number of hydrogen-bond acceptors (Lipinski definition) is 3. The zero-order valence-electron chi connectivity index (χ0n) is 8.42. The topological polar surface area (TPSA) is 24.9 Å². The zero-order chi connectivity index (χ0) is 9.42. The molecule has 1 aliphatic rings. The van der Waals surface area contributed by atoms with Crippen molar-refractivity contribution in [3.63, 3.8) is 0 Å². The summed E-state index contributed by atoms with van der Waals surface area (Å²) in [5.41, 5.74) is 1.17. The summed E-state index contributed by atoms with van der Waals surface area (Å²) in [6, 6.07) is 0.681. The molecule has 0 aliphatic heterocycles. The molecule has 1 aromatic rings. The minimum absolute atomic E-state index is 0.681. The van der Waals surface area contributed by atoms with Gasteiger partial charge in [-0.3, -0.25) is 0 Å². The number of nitrogens with one attached hydrogen (secondary N) is 1. The van der Waals surface area contributed by atoms with Crippen LogP contribution in [0.15, 0.2) is 0 Å². The summed E-state index contributed by atoms with van der Waals surface area (Å²) in [5.74, 6) is 0.902. The van der Waals surface area contributed by atoms with Gasteiger partial charge in [-0.25, -0.2) is 4.98 Å². The molecule has 0 atom stereocenters. The lowest BCUT2D eigenvalue weighted by Gasteiger charge is -2.33. The smallest absolute Gasteiger partial charge is 0.183 e. The minimum atomic E-state index is 0.681. The van der Waals surface area contributed by atoms with Crippen molar-refractivity contribution in [1.29, 1.82) is 0 Å². The number of anilines is 1. The van der Waals surface area contributed by atoms with Crippen LogP contribution in [0.1, 0.15) is 30.3 Å². The molecule has 72 valence electrons. The fraction of sp³-hybridized carbons (Fsp3) is 0.700. The highest BCUT2D eigenvalue weighted by atomic mass is 32.1. The molecular formula is C10H16N2S. The van der Waals surface area contributed by atoms with E-state index in [4.69, 9.17) is 0 Å². The molecule has 1 saturated carbocycles. The van der Waals surface area contributed by atoms with Crippen molar-refractivity contribution < 1.29 is 0 Å². The van der Waals surface area contributed by atoms with E-state index in [1.54, 1.807) is 11.3 Å². The fourth-order valence-electron chi connectivity index (χ4n) is 1.73. The van der Waals surface area contributed by atoms with Crippen molar-refractivity contribution in [2.45, 2.75) is 39.7 Å². The predicted molar refractivity (Wildman–Crippen MR) is 57.4 cm³/mol. The summed E-state index contributed by atoms with van der Waals surface area (Å²) in [6.07, 6.45) is 2.61. The van der Waals surface area contributed by atoms with Gasteiger partial charge in [0.25, 0.3) is 0 Å². The summed E-state index contributed by atoms with van der Waals surface area (Å²) in [7, 11) is 0. The van der Waals surface area contributed by atoms with Gasteiger partial charge in [-0.05, 0) is 32.6 Å². The van der Waals surface area contributed by atoms with Crippen molar-refractivity contribution in [3.8, 4) is 0 Å². The highest BCUT2D eigenvalue weighted by Crippen LogP contribution is 2.31. The van der Waals surface area contributed by atoms with Gasteiger partial charge in [-0.1, -0.05) is 6.92 Å². The number of rotatable bonds is 2. The maximum absolute atomic E-state index is 4.46. The van der Waals surface area contributed by atoms with Crippen LogP contribution in [0.2, 0.25) is 0 Å². The van der Waals surface area contributed by atoms with Crippen LogP contribution in [0.4, 0.5) is 5.13 Å². The Hall–Kier alpha value is -0.570. The van der Waals surface area contributed by atoms with Crippen LogP contribution in [0, 0.1) is 19.8 Å². The molecule has 0 radical (unpaired) electrons. The zero-order valence-corrected chi connectivity index (χ0v) is 9.24. The lowest BCUT2D eigenvalue weighted by atomic mass is 9.82. The maximum Gasteiger partial charge on any atom is 0.183 e. The van der Waals surface area contributed by atoms with Crippen LogP contribution in [-0.2, 0) is 0 Å². The second-order valence-corrected chi connectivity index (χ2v) is 5.28. The van der Waals surface area contributed by atoms with Crippen molar-refractivity contribution in [1.82, 2.24) is 4.98 Å². The van der Waals surface area contributed by atoms with Crippen LogP contribution < -0.4 is 5.32 Å². The first-order valence-electron chi connectivity index (χ1n) is 4.85. The molecule has 2 nitrogen and oxygen atoms in total. The first-order valence-corrected chi connectivity index (χ1v) is 5.67. The average molecular weight is 196 g/mol. The molecule has 0 amide bonds. The van der Waals surface area contributed by atoms with E-state index >= 15 is 0 Å². The van der Waals surface area contributed by atoms with Gasteiger partial charge in [0.15, 0.2) is 5.13 Å². The van der Waals surface area contributed by atoms with E-state index in [0.717, 1.165) is 11.0 Å². The molecule has 1 heterocycles. The van der Waals surface area contributed by atoms with Crippen molar-refractivity contribution in [3.05, 3.63) is 10.6 Å². The number of hydrogen-bond donors (Lipinski definition) is 1. The third-order valence-corrected chi connectivity index (χ3v) is 3.73. The third kappa shape index (κ3) is 1.85. The highest BCUT2D eigenvalue weighted by molar-refractivity contribution is 7.15. The second-order valence-electron chi connectivity index (χ2n) is 4.08. The molecule has 0 spiro atoms. The molecule has 1 N–H and O–H groups in total. The number of nitrogens with zero attached hydrogens (tertiary/aromatic N) is 1. The average Bonchev–Trinajstić information content (AvgIpc) is 2.28. The summed E-state index contributed by atoms with van der Waals surface area (Å²) >= 11 is 1.77. The summed E-state index contributed by atoms with van der Waals surface area (Å²) < 4.78 is 0. The summed E-state index contributed by atoms with van der Waals surface area (Å²) in [4.78, 5) is 5.79. The van der Waals surface area contributed by atoms with Gasteiger partial charge in [0.2, 0.25) is 0 Å². The van der Waals surface area contributed by atoms with Gasteiger partial charge in [0.1, 0.15) is 0 Å². The molecule has 2 rings (SSSR count). The molecular weight excluding hydrogens is 180 g/mol. The summed E-state index contributed by atoms with van der Waals surface area (Å²) in [5, 5.41) is 4.58. The Morgan fingerprint density at radius 1 is 1.38 bits per heavy atom. The van der Waals surface area contributed by atoms with E-state index < -0.39 is 0 Å². The largest absolute Gasteiger partial charge is 0.359 e. The van der Waals surface area contributed by atoms with Crippen LogP contribution >= 0.6 is 11.3 Å². The van der Waals surface area contributed by atoms with Gasteiger partial charge in [-0.2, -0.15) is 0 Å². The normalized spacial score (nSPS) is 27.0. The second kappa shape index (κ2) is 3.29. The molecule has 1 fully saturated rings. The Bertz CT molecular complexity index is 280. The summed E-state index contributed by atoms with van der Waals surface area (Å²) in [6.45, 7) is 6.50. The van der Waals surface area contributed by atoms with Crippen molar-refractivity contribution in [2.24, 2.45) is 5.92 Å². The lowest BCUT2D eigenvalue weighted by Crippen LogP contribution is -2.33. The molecule has 1 aliphatic carbocycles. The monoisotopic (exact) mass is 196 g/mol. The van der Waals surface area contributed by atoms with E-state index in [-0.39, 0.29) is 0 Å². The Balaban J connectivity index is 1.95. The van der Waals surface area contributed by atoms with E-state index in [1.165, 1.54) is 23.4 Å². The number of aryl methyl sites for hydroxylation is 2.